The zero-order chi connectivity index (χ0) is 12.3. The third-order valence-corrected chi connectivity index (χ3v) is 3.44. The molecule has 1 atom stereocenters. The second-order valence-corrected chi connectivity index (χ2v) is 4.74. The van der Waals surface area contributed by atoms with Gasteiger partial charge >= 0.3 is 0 Å². The molecule has 17 heavy (non-hydrogen) atoms. The highest BCUT2D eigenvalue weighted by molar-refractivity contribution is 7.07. The fourth-order valence-corrected chi connectivity index (χ4v) is 2.44. The molecule has 0 aliphatic carbocycles. The number of thiazole rings is 1. The fraction of sp³-hybridized carbons (Fsp3) is 0.545. The van der Waals surface area contributed by atoms with Crippen molar-refractivity contribution in [3.05, 3.63) is 16.6 Å². The quantitative estimate of drug-likeness (QED) is 0.846. The molecule has 1 fully saturated rings. The first-order valence-corrected chi connectivity index (χ1v) is 6.60. The maximum absolute atomic E-state index is 12.0. The third-order valence-electron chi connectivity index (χ3n) is 2.81. The van der Waals surface area contributed by atoms with Gasteiger partial charge in [-0.15, -0.1) is 11.3 Å². The topological polar surface area (TPSA) is 62.3 Å². The Balaban J connectivity index is 1.94. The average molecular weight is 253 g/mol. The standard InChI is InChI=1S/C11H15N3O2S/c1-2-9-11(16)14(5-10(15)13-9)4-3-8-6-17-7-12-8/h6-7,9H,2-5H2,1H3,(H,13,15). The Labute approximate surface area is 104 Å². The molecule has 1 aliphatic heterocycles. The van der Waals surface area contributed by atoms with Crippen molar-refractivity contribution < 1.29 is 9.59 Å². The van der Waals surface area contributed by atoms with Crippen LogP contribution in [0.1, 0.15) is 19.0 Å². The number of nitrogens with zero attached hydrogens (tertiary/aromatic N) is 2. The van der Waals surface area contributed by atoms with Crippen LogP contribution in [0.3, 0.4) is 0 Å². The third kappa shape index (κ3) is 2.82. The molecule has 1 aliphatic rings. The van der Waals surface area contributed by atoms with Crippen LogP contribution in [0.5, 0.6) is 0 Å². The summed E-state index contributed by atoms with van der Waals surface area (Å²) in [4.78, 5) is 29.2. The van der Waals surface area contributed by atoms with Crippen LogP contribution in [0.15, 0.2) is 10.9 Å². The van der Waals surface area contributed by atoms with E-state index >= 15 is 0 Å². The van der Waals surface area contributed by atoms with Gasteiger partial charge in [0.1, 0.15) is 6.04 Å². The molecule has 0 saturated carbocycles. The number of carbonyl (C=O) groups is 2. The molecule has 1 aromatic rings. The lowest BCUT2D eigenvalue weighted by Gasteiger charge is -2.31. The van der Waals surface area contributed by atoms with Gasteiger partial charge in [0, 0.05) is 18.3 Å². The first kappa shape index (κ1) is 12.0. The van der Waals surface area contributed by atoms with Gasteiger partial charge in [-0.1, -0.05) is 6.92 Å². The minimum absolute atomic E-state index is 0.0160. The lowest BCUT2D eigenvalue weighted by Crippen LogP contribution is -2.58. The molecule has 1 N–H and O–H groups in total. The van der Waals surface area contributed by atoms with E-state index in [0.717, 1.165) is 5.69 Å². The van der Waals surface area contributed by atoms with Gasteiger partial charge < -0.3 is 10.2 Å². The molecule has 2 heterocycles. The SMILES string of the molecule is CCC1NC(=O)CN(CCc2cscn2)C1=O. The second-order valence-electron chi connectivity index (χ2n) is 4.02. The normalized spacial score (nSPS) is 20.5. The second kappa shape index (κ2) is 5.27. The van der Waals surface area contributed by atoms with Gasteiger partial charge in [0.05, 0.1) is 17.7 Å². The zero-order valence-corrected chi connectivity index (χ0v) is 10.5. The van der Waals surface area contributed by atoms with Crippen LogP contribution >= 0.6 is 11.3 Å². The van der Waals surface area contributed by atoms with Crippen LogP contribution in [0, 0.1) is 0 Å². The van der Waals surface area contributed by atoms with E-state index in [2.05, 4.69) is 10.3 Å². The maximum Gasteiger partial charge on any atom is 0.245 e. The van der Waals surface area contributed by atoms with Gasteiger partial charge in [0.25, 0.3) is 0 Å². The van der Waals surface area contributed by atoms with Gasteiger partial charge in [0.15, 0.2) is 0 Å². The summed E-state index contributed by atoms with van der Waals surface area (Å²) >= 11 is 1.54. The molecule has 0 radical (unpaired) electrons. The minimum Gasteiger partial charge on any atom is -0.343 e. The summed E-state index contributed by atoms with van der Waals surface area (Å²) in [6.07, 6.45) is 1.34. The summed E-state index contributed by atoms with van der Waals surface area (Å²) in [5.74, 6) is -0.0583. The van der Waals surface area contributed by atoms with Gasteiger partial charge in [0.2, 0.25) is 11.8 Å². The summed E-state index contributed by atoms with van der Waals surface area (Å²) in [5.41, 5.74) is 2.75. The van der Waals surface area contributed by atoms with E-state index < -0.39 is 0 Å². The van der Waals surface area contributed by atoms with Crippen LogP contribution in [-0.4, -0.2) is 40.8 Å². The molecule has 6 heteroatoms. The Morgan fingerprint density at radius 1 is 1.59 bits per heavy atom. The molecule has 1 unspecified atom stereocenters. The van der Waals surface area contributed by atoms with Gasteiger partial charge in [-0.25, -0.2) is 4.98 Å². The fourth-order valence-electron chi connectivity index (χ4n) is 1.85. The van der Waals surface area contributed by atoms with Crippen molar-refractivity contribution >= 4 is 23.2 Å². The van der Waals surface area contributed by atoms with Gasteiger partial charge in [-0.05, 0) is 6.42 Å². The van der Waals surface area contributed by atoms with E-state index in [1.807, 2.05) is 12.3 Å². The molecule has 0 aromatic carbocycles. The van der Waals surface area contributed by atoms with E-state index in [0.29, 0.717) is 19.4 Å². The summed E-state index contributed by atoms with van der Waals surface area (Å²) in [7, 11) is 0. The molecular weight excluding hydrogens is 238 g/mol. The Hall–Kier alpha value is -1.43. The minimum atomic E-state index is -0.355. The number of rotatable bonds is 4. The molecular formula is C11H15N3O2S. The highest BCUT2D eigenvalue weighted by atomic mass is 32.1. The molecule has 1 aromatic heterocycles. The van der Waals surface area contributed by atoms with Crippen LogP contribution in [-0.2, 0) is 16.0 Å². The smallest absolute Gasteiger partial charge is 0.245 e. The first-order chi connectivity index (χ1) is 8.20. The number of piperazine rings is 1. The van der Waals surface area contributed by atoms with Crippen molar-refractivity contribution in [1.29, 1.82) is 0 Å². The number of aromatic nitrogens is 1. The van der Waals surface area contributed by atoms with Crippen molar-refractivity contribution in [3.63, 3.8) is 0 Å². The predicted octanol–water partition coefficient (Wildman–Crippen LogP) is 0.423. The average Bonchev–Trinajstić information content (AvgIpc) is 2.82. The van der Waals surface area contributed by atoms with Crippen molar-refractivity contribution in [2.24, 2.45) is 0 Å². The van der Waals surface area contributed by atoms with E-state index in [1.54, 1.807) is 10.4 Å². The van der Waals surface area contributed by atoms with E-state index in [4.69, 9.17) is 0 Å². The zero-order valence-electron chi connectivity index (χ0n) is 9.68. The number of carbonyl (C=O) groups excluding carboxylic acids is 2. The number of amides is 2. The van der Waals surface area contributed by atoms with Crippen molar-refractivity contribution in [1.82, 2.24) is 15.2 Å². The summed E-state index contributed by atoms with van der Waals surface area (Å²) in [6, 6.07) is -0.355. The molecule has 5 nitrogen and oxygen atoms in total. The Morgan fingerprint density at radius 3 is 3.06 bits per heavy atom. The molecule has 2 rings (SSSR count). The van der Waals surface area contributed by atoms with Crippen molar-refractivity contribution in [2.45, 2.75) is 25.8 Å². The first-order valence-electron chi connectivity index (χ1n) is 5.66. The van der Waals surface area contributed by atoms with E-state index in [-0.39, 0.29) is 24.4 Å². The monoisotopic (exact) mass is 253 g/mol. The lowest BCUT2D eigenvalue weighted by molar-refractivity contribution is -0.144. The molecule has 0 bridgehead atoms. The number of nitrogens with one attached hydrogen (secondary N) is 1. The largest absolute Gasteiger partial charge is 0.343 e. The van der Waals surface area contributed by atoms with Crippen molar-refractivity contribution in [2.75, 3.05) is 13.1 Å². The Bertz CT molecular complexity index is 405. The Kier molecular flexibility index (Phi) is 3.73. The van der Waals surface area contributed by atoms with Crippen molar-refractivity contribution in [3.8, 4) is 0 Å². The number of hydrogen-bond donors (Lipinski definition) is 1. The van der Waals surface area contributed by atoms with E-state index in [9.17, 15) is 9.59 Å². The molecule has 0 spiro atoms. The van der Waals surface area contributed by atoms with Gasteiger partial charge in [-0.2, -0.15) is 0 Å². The van der Waals surface area contributed by atoms with Crippen LogP contribution in [0.4, 0.5) is 0 Å². The molecule has 92 valence electrons. The van der Waals surface area contributed by atoms with Gasteiger partial charge in [-0.3, -0.25) is 9.59 Å². The summed E-state index contributed by atoms with van der Waals surface area (Å²) < 4.78 is 0. The lowest BCUT2D eigenvalue weighted by atomic mass is 10.1. The van der Waals surface area contributed by atoms with E-state index in [1.165, 1.54) is 11.3 Å². The Morgan fingerprint density at radius 2 is 2.41 bits per heavy atom. The van der Waals surface area contributed by atoms with Crippen LogP contribution < -0.4 is 5.32 Å². The predicted molar refractivity (Wildman–Crippen MR) is 64.6 cm³/mol. The molecule has 2 amide bonds. The highest BCUT2D eigenvalue weighted by Gasteiger charge is 2.30. The van der Waals surface area contributed by atoms with Crippen LogP contribution in [0.25, 0.3) is 0 Å². The number of hydrogen-bond acceptors (Lipinski definition) is 4. The van der Waals surface area contributed by atoms with Crippen LogP contribution in [0.2, 0.25) is 0 Å². The highest BCUT2D eigenvalue weighted by Crippen LogP contribution is 2.08. The molecule has 1 saturated heterocycles. The summed E-state index contributed by atoms with van der Waals surface area (Å²) in [5, 5.41) is 4.66. The summed E-state index contributed by atoms with van der Waals surface area (Å²) in [6.45, 7) is 2.62. The maximum atomic E-state index is 12.0.